The van der Waals surface area contributed by atoms with Gasteiger partial charge in [0.1, 0.15) is 6.54 Å². The molecular weight excluding hydrogens is 356 g/mol. The summed E-state index contributed by atoms with van der Waals surface area (Å²) < 4.78 is 2.20. The van der Waals surface area contributed by atoms with E-state index in [0.717, 1.165) is 24.0 Å². The first-order valence-electron chi connectivity index (χ1n) is 9.18. The molecule has 0 aliphatic heterocycles. The first kappa shape index (κ1) is 17.7. The zero-order chi connectivity index (χ0) is 18.8. The number of aromatic nitrogens is 3. The van der Waals surface area contributed by atoms with Gasteiger partial charge in [-0.3, -0.25) is 14.5 Å². The minimum Gasteiger partial charge on any atom is -0.347 e. The lowest BCUT2D eigenvalue weighted by atomic mass is 10.0. The Hall–Kier alpha value is -2.73. The van der Waals surface area contributed by atoms with Crippen LogP contribution in [0.5, 0.6) is 0 Å². The summed E-state index contributed by atoms with van der Waals surface area (Å²) >= 11 is 5.35. The Morgan fingerprint density at radius 2 is 1.93 bits per heavy atom. The van der Waals surface area contributed by atoms with E-state index >= 15 is 0 Å². The molecule has 6 heteroatoms. The highest BCUT2D eigenvalue weighted by molar-refractivity contribution is 7.71. The molecule has 1 aliphatic carbocycles. The van der Waals surface area contributed by atoms with Gasteiger partial charge in [0, 0.05) is 5.56 Å². The number of nitrogens with one attached hydrogen (secondary N) is 2. The SMILES string of the molecule is Cc1ccc(-c2n[nH]c(=S)n2CC(=O)NC(c2ccccc2)C2CC2)cc1. The summed E-state index contributed by atoms with van der Waals surface area (Å²) in [6.45, 7) is 2.19. The first-order valence-corrected chi connectivity index (χ1v) is 9.59. The highest BCUT2D eigenvalue weighted by Crippen LogP contribution is 2.40. The molecule has 27 heavy (non-hydrogen) atoms. The summed E-state index contributed by atoms with van der Waals surface area (Å²) in [5.74, 6) is 1.14. The van der Waals surface area contributed by atoms with Crippen molar-refractivity contribution in [1.29, 1.82) is 0 Å². The molecule has 1 aliphatic rings. The molecule has 1 saturated carbocycles. The number of aryl methyl sites for hydroxylation is 1. The Morgan fingerprint density at radius 1 is 1.22 bits per heavy atom. The van der Waals surface area contributed by atoms with Gasteiger partial charge >= 0.3 is 0 Å². The molecule has 1 fully saturated rings. The maximum Gasteiger partial charge on any atom is 0.240 e. The fourth-order valence-electron chi connectivity index (χ4n) is 3.31. The number of H-pyrrole nitrogens is 1. The number of benzene rings is 2. The summed E-state index contributed by atoms with van der Waals surface area (Å²) in [5.41, 5.74) is 3.26. The van der Waals surface area contributed by atoms with Crippen molar-refractivity contribution in [1.82, 2.24) is 20.1 Å². The number of amides is 1. The van der Waals surface area contributed by atoms with E-state index in [0.29, 0.717) is 16.5 Å². The van der Waals surface area contributed by atoms with Crippen LogP contribution in [-0.2, 0) is 11.3 Å². The molecule has 2 aromatic carbocycles. The molecule has 1 atom stereocenters. The lowest BCUT2D eigenvalue weighted by Crippen LogP contribution is -2.33. The van der Waals surface area contributed by atoms with Crippen LogP contribution in [0.25, 0.3) is 11.4 Å². The molecule has 138 valence electrons. The number of aromatic amines is 1. The second kappa shape index (κ2) is 7.48. The van der Waals surface area contributed by atoms with E-state index in [9.17, 15) is 4.79 Å². The zero-order valence-electron chi connectivity index (χ0n) is 15.2. The van der Waals surface area contributed by atoms with Crippen molar-refractivity contribution in [3.8, 4) is 11.4 Å². The predicted molar refractivity (Wildman–Crippen MR) is 108 cm³/mol. The van der Waals surface area contributed by atoms with Gasteiger partial charge < -0.3 is 5.32 Å². The Balaban J connectivity index is 1.54. The Kier molecular flexibility index (Phi) is 4.90. The van der Waals surface area contributed by atoms with E-state index in [2.05, 4.69) is 27.6 Å². The molecule has 3 aromatic rings. The van der Waals surface area contributed by atoms with E-state index in [1.54, 1.807) is 4.57 Å². The topological polar surface area (TPSA) is 62.7 Å². The molecule has 2 N–H and O–H groups in total. The fourth-order valence-corrected chi connectivity index (χ4v) is 3.51. The van der Waals surface area contributed by atoms with E-state index in [4.69, 9.17) is 12.2 Å². The average molecular weight is 379 g/mol. The predicted octanol–water partition coefficient (Wildman–Crippen LogP) is 4.18. The maximum atomic E-state index is 12.8. The highest BCUT2D eigenvalue weighted by atomic mass is 32.1. The summed E-state index contributed by atoms with van der Waals surface area (Å²) in [5, 5.41) is 10.3. The van der Waals surface area contributed by atoms with Gasteiger partial charge in [0.05, 0.1) is 6.04 Å². The number of carbonyl (C=O) groups excluding carboxylic acids is 1. The summed E-state index contributed by atoms with van der Waals surface area (Å²) in [6.07, 6.45) is 2.30. The maximum absolute atomic E-state index is 12.8. The molecule has 1 aromatic heterocycles. The largest absolute Gasteiger partial charge is 0.347 e. The third kappa shape index (κ3) is 4.01. The first-order chi connectivity index (χ1) is 13.1. The third-order valence-corrected chi connectivity index (χ3v) is 5.25. The second-order valence-corrected chi connectivity index (χ2v) is 7.48. The van der Waals surface area contributed by atoms with Gasteiger partial charge in [0.2, 0.25) is 5.91 Å². The van der Waals surface area contributed by atoms with Crippen LogP contribution in [0.4, 0.5) is 0 Å². The molecule has 0 radical (unpaired) electrons. The van der Waals surface area contributed by atoms with Crippen LogP contribution in [0.2, 0.25) is 0 Å². The van der Waals surface area contributed by atoms with Gasteiger partial charge in [-0.1, -0.05) is 60.2 Å². The van der Waals surface area contributed by atoms with Crippen molar-refractivity contribution >= 4 is 18.1 Å². The highest BCUT2D eigenvalue weighted by Gasteiger charge is 2.33. The minimum absolute atomic E-state index is 0.0541. The number of carbonyl (C=O) groups is 1. The average Bonchev–Trinajstić information content (AvgIpc) is 3.46. The normalized spacial score (nSPS) is 14.7. The fraction of sp³-hybridized carbons (Fsp3) is 0.286. The van der Waals surface area contributed by atoms with Crippen LogP contribution in [0.15, 0.2) is 54.6 Å². The smallest absolute Gasteiger partial charge is 0.240 e. The summed E-state index contributed by atoms with van der Waals surface area (Å²) in [6, 6.07) is 18.3. The van der Waals surface area contributed by atoms with E-state index in [1.165, 1.54) is 5.56 Å². The minimum atomic E-state index is -0.0541. The van der Waals surface area contributed by atoms with E-state index < -0.39 is 0 Å². The molecule has 1 amide bonds. The van der Waals surface area contributed by atoms with Crippen LogP contribution < -0.4 is 5.32 Å². The van der Waals surface area contributed by atoms with E-state index in [-0.39, 0.29) is 18.5 Å². The quantitative estimate of drug-likeness (QED) is 0.633. The van der Waals surface area contributed by atoms with Crippen molar-refractivity contribution in [2.24, 2.45) is 5.92 Å². The number of hydrogen-bond acceptors (Lipinski definition) is 3. The molecule has 4 rings (SSSR count). The summed E-state index contributed by atoms with van der Waals surface area (Å²) in [4.78, 5) is 12.8. The second-order valence-electron chi connectivity index (χ2n) is 7.10. The zero-order valence-corrected chi connectivity index (χ0v) is 16.0. The number of rotatable bonds is 6. The molecule has 5 nitrogen and oxygen atoms in total. The van der Waals surface area contributed by atoms with Crippen molar-refractivity contribution in [3.63, 3.8) is 0 Å². The summed E-state index contributed by atoms with van der Waals surface area (Å²) in [7, 11) is 0. The Morgan fingerprint density at radius 3 is 2.59 bits per heavy atom. The van der Waals surface area contributed by atoms with E-state index in [1.807, 2.05) is 49.4 Å². The van der Waals surface area contributed by atoms with Crippen LogP contribution in [0, 0.1) is 17.6 Å². The lowest BCUT2D eigenvalue weighted by molar-refractivity contribution is -0.122. The van der Waals surface area contributed by atoms with Gasteiger partial charge in [-0.05, 0) is 43.5 Å². The lowest BCUT2D eigenvalue weighted by Gasteiger charge is -2.19. The van der Waals surface area contributed by atoms with Crippen molar-refractivity contribution in [3.05, 3.63) is 70.5 Å². The Bertz CT molecular complexity index is 987. The molecule has 1 unspecified atom stereocenters. The van der Waals surface area contributed by atoms with Crippen molar-refractivity contribution in [2.75, 3.05) is 0 Å². The van der Waals surface area contributed by atoms with Gasteiger partial charge in [-0.15, -0.1) is 0 Å². The molecule has 0 bridgehead atoms. The molecule has 0 saturated heterocycles. The van der Waals surface area contributed by atoms with Crippen LogP contribution in [-0.4, -0.2) is 20.7 Å². The third-order valence-electron chi connectivity index (χ3n) is 4.94. The van der Waals surface area contributed by atoms with Crippen LogP contribution in [0.3, 0.4) is 0 Å². The van der Waals surface area contributed by atoms with Crippen molar-refractivity contribution < 1.29 is 4.79 Å². The molecule has 0 spiro atoms. The Labute approximate surface area is 163 Å². The molecular formula is C21H22N4OS. The van der Waals surface area contributed by atoms with Gasteiger partial charge in [-0.2, -0.15) is 5.10 Å². The van der Waals surface area contributed by atoms with Crippen LogP contribution >= 0.6 is 12.2 Å². The number of hydrogen-bond donors (Lipinski definition) is 2. The van der Waals surface area contributed by atoms with Gasteiger partial charge in [0.15, 0.2) is 10.6 Å². The van der Waals surface area contributed by atoms with Gasteiger partial charge in [-0.25, -0.2) is 0 Å². The monoisotopic (exact) mass is 378 g/mol. The number of nitrogens with zero attached hydrogens (tertiary/aromatic N) is 2. The van der Waals surface area contributed by atoms with Gasteiger partial charge in [0.25, 0.3) is 0 Å². The van der Waals surface area contributed by atoms with Crippen molar-refractivity contribution in [2.45, 2.75) is 32.4 Å². The van der Waals surface area contributed by atoms with Crippen LogP contribution in [0.1, 0.15) is 30.0 Å². The molecule has 1 heterocycles. The standard InChI is InChI=1S/C21H22N4OS/c1-14-7-9-17(10-8-14)20-23-24-21(27)25(20)13-18(26)22-19(16-11-12-16)15-5-3-2-4-6-15/h2-10,16,19H,11-13H2,1H3,(H,22,26)(H,24,27).